The summed E-state index contributed by atoms with van der Waals surface area (Å²) < 4.78 is 35.9. The molecule has 2 aliphatic rings. The van der Waals surface area contributed by atoms with Crippen molar-refractivity contribution in [2.45, 2.75) is 67.6 Å². The van der Waals surface area contributed by atoms with Crippen molar-refractivity contribution in [1.29, 1.82) is 0 Å². The Morgan fingerprint density at radius 1 is 1.11 bits per heavy atom. The Balaban J connectivity index is 1.65. The van der Waals surface area contributed by atoms with Gasteiger partial charge in [0.05, 0.1) is 10.5 Å². The van der Waals surface area contributed by atoms with Crippen molar-refractivity contribution in [2.24, 2.45) is 7.05 Å². The van der Waals surface area contributed by atoms with E-state index in [9.17, 15) is 13.2 Å². The zero-order chi connectivity index (χ0) is 24.7. The van der Waals surface area contributed by atoms with Crippen molar-refractivity contribution in [2.75, 3.05) is 0 Å². The maximum atomic E-state index is 14.0. The Morgan fingerprint density at radius 2 is 1.89 bits per heavy atom. The summed E-state index contributed by atoms with van der Waals surface area (Å²) in [4.78, 5) is 16.7. The van der Waals surface area contributed by atoms with E-state index in [1.54, 1.807) is 32.9 Å². The Kier molecular flexibility index (Phi) is 4.76. The molecule has 2 aromatic carbocycles. The van der Waals surface area contributed by atoms with Gasteiger partial charge in [-0.05, 0) is 63.4 Å². The van der Waals surface area contributed by atoms with Crippen molar-refractivity contribution in [3.8, 4) is 0 Å². The van der Waals surface area contributed by atoms with Crippen molar-refractivity contribution < 1.29 is 17.9 Å². The first kappa shape index (κ1) is 22.4. The number of H-pyrrole nitrogens is 1. The summed E-state index contributed by atoms with van der Waals surface area (Å²) in [6.07, 6.45) is 2.88. The molecule has 35 heavy (non-hydrogen) atoms. The monoisotopic (exact) mass is 491 g/mol. The highest BCUT2D eigenvalue weighted by molar-refractivity contribution is 7.91. The highest BCUT2D eigenvalue weighted by atomic mass is 32.2. The summed E-state index contributed by atoms with van der Waals surface area (Å²) >= 11 is 0. The SMILES string of the molecule is Cn1c2c(c3c(C(=O)OC(C)(C)C)c(S(=O)(=O)c4cc5ccccc5[nH]4)ccc31)C1CCC(C2)N1. The number of fused-ring (bicyclic) bond motifs is 7. The van der Waals surface area contributed by atoms with Gasteiger partial charge in [-0.15, -0.1) is 0 Å². The molecule has 0 amide bonds. The van der Waals surface area contributed by atoms with E-state index in [1.807, 2.05) is 37.4 Å². The molecule has 0 radical (unpaired) electrons. The lowest BCUT2D eigenvalue weighted by Gasteiger charge is -2.24. The van der Waals surface area contributed by atoms with Crippen LogP contribution in [0.15, 0.2) is 52.4 Å². The first-order chi connectivity index (χ1) is 16.5. The third-order valence-corrected chi connectivity index (χ3v) is 8.93. The number of rotatable bonds is 3. The van der Waals surface area contributed by atoms with Gasteiger partial charge in [-0.2, -0.15) is 0 Å². The van der Waals surface area contributed by atoms with Crippen LogP contribution in [0.3, 0.4) is 0 Å². The summed E-state index contributed by atoms with van der Waals surface area (Å²) in [5.74, 6) is -0.619. The quantitative estimate of drug-likeness (QED) is 0.402. The first-order valence-corrected chi connectivity index (χ1v) is 13.5. The topological polar surface area (TPSA) is 93.2 Å². The number of esters is 1. The molecule has 6 rings (SSSR count). The van der Waals surface area contributed by atoms with E-state index in [0.717, 1.165) is 46.9 Å². The fourth-order valence-corrected chi connectivity index (χ4v) is 7.19. The van der Waals surface area contributed by atoms with Crippen LogP contribution >= 0.6 is 0 Å². The molecule has 0 aliphatic carbocycles. The maximum absolute atomic E-state index is 14.0. The van der Waals surface area contributed by atoms with Gasteiger partial charge in [0.1, 0.15) is 10.6 Å². The molecule has 2 atom stereocenters. The van der Waals surface area contributed by atoms with Crippen LogP contribution in [0.1, 0.15) is 61.3 Å². The van der Waals surface area contributed by atoms with E-state index in [0.29, 0.717) is 11.4 Å². The number of carbonyl (C=O) groups is 1. The van der Waals surface area contributed by atoms with Gasteiger partial charge < -0.3 is 19.6 Å². The molecule has 0 saturated carbocycles. The third-order valence-electron chi connectivity index (χ3n) is 7.21. The molecule has 2 N–H and O–H groups in total. The molecule has 2 unspecified atom stereocenters. The summed E-state index contributed by atoms with van der Waals surface area (Å²) in [6, 6.07) is 12.9. The molecule has 0 spiro atoms. The second-order valence-electron chi connectivity index (χ2n) is 10.7. The largest absolute Gasteiger partial charge is 0.456 e. The van der Waals surface area contributed by atoms with Gasteiger partial charge in [0.25, 0.3) is 0 Å². The number of benzene rings is 2. The van der Waals surface area contributed by atoms with Crippen LogP contribution in [0.25, 0.3) is 21.8 Å². The van der Waals surface area contributed by atoms with Crippen LogP contribution < -0.4 is 5.32 Å². The van der Waals surface area contributed by atoms with Crippen molar-refractivity contribution in [3.63, 3.8) is 0 Å². The van der Waals surface area contributed by atoms with Gasteiger partial charge in [0, 0.05) is 53.1 Å². The number of nitrogens with zero attached hydrogens (tertiary/aromatic N) is 1. The highest BCUT2D eigenvalue weighted by Crippen LogP contribution is 2.44. The number of para-hydroxylation sites is 1. The van der Waals surface area contributed by atoms with E-state index < -0.39 is 21.4 Å². The fraction of sp³-hybridized carbons (Fsp3) is 0.370. The number of carbonyl (C=O) groups excluding carboxylic acids is 1. The van der Waals surface area contributed by atoms with E-state index >= 15 is 0 Å². The normalized spacial score (nSPS) is 19.9. The summed E-state index contributed by atoms with van der Waals surface area (Å²) in [5, 5.41) is 5.20. The molecular formula is C27H29N3O4S. The lowest BCUT2D eigenvalue weighted by atomic mass is 9.96. The third kappa shape index (κ3) is 3.42. The number of ether oxygens (including phenoxy) is 1. The van der Waals surface area contributed by atoms with Gasteiger partial charge in [-0.25, -0.2) is 13.2 Å². The standard InChI is InChI=1S/C27H29N3O4S/c1-27(2,3)34-26(31)25-21(35(32,33)22-13-15-7-5-6-8-17(15)29-22)12-11-19-24(25)23-18-10-9-16(28-18)14-20(23)30(19)4/h5-8,11-13,16,18,28-29H,9-10,14H2,1-4H3. The second-order valence-corrected chi connectivity index (χ2v) is 12.6. The lowest BCUT2D eigenvalue weighted by Crippen LogP contribution is -2.32. The highest BCUT2D eigenvalue weighted by Gasteiger charge is 2.39. The van der Waals surface area contributed by atoms with Crippen LogP contribution in [-0.4, -0.2) is 35.6 Å². The molecule has 2 aromatic heterocycles. The summed E-state index contributed by atoms with van der Waals surface area (Å²) in [7, 11) is -2.04. The molecule has 8 heteroatoms. The van der Waals surface area contributed by atoms with E-state index in [-0.39, 0.29) is 21.5 Å². The first-order valence-electron chi connectivity index (χ1n) is 12.0. The molecule has 1 saturated heterocycles. The summed E-state index contributed by atoms with van der Waals surface area (Å²) in [5.41, 5.74) is 3.12. The zero-order valence-corrected chi connectivity index (χ0v) is 21.1. The summed E-state index contributed by atoms with van der Waals surface area (Å²) in [6.45, 7) is 5.38. The molecule has 4 heterocycles. The van der Waals surface area contributed by atoms with Crippen molar-refractivity contribution in [1.82, 2.24) is 14.9 Å². The lowest BCUT2D eigenvalue weighted by molar-refractivity contribution is 0.00675. The van der Waals surface area contributed by atoms with Gasteiger partial charge in [0.15, 0.2) is 0 Å². The molecule has 1 fully saturated rings. The number of hydrogen-bond donors (Lipinski definition) is 2. The van der Waals surface area contributed by atoms with E-state index in [4.69, 9.17) is 4.74 Å². The van der Waals surface area contributed by atoms with Gasteiger partial charge >= 0.3 is 5.97 Å². The fourth-order valence-electron chi connectivity index (χ4n) is 5.72. The molecule has 2 aliphatic heterocycles. The molecule has 2 bridgehead atoms. The van der Waals surface area contributed by atoms with Crippen LogP contribution in [-0.2, 0) is 28.0 Å². The van der Waals surface area contributed by atoms with Crippen molar-refractivity contribution >= 4 is 37.6 Å². The Hall–Kier alpha value is -3.10. The number of aromatic amines is 1. The second kappa shape index (κ2) is 7.45. The number of nitrogens with one attached hydrogen (secondary N) is 2. The average Bonchev–Trinajstić information content (AvgIpc) is 3.47. The molecular weight excluding hydrogens is 462 g/mol. The molecule has 4 aromatic rings. The van der Waals surface area contributed by atoms with Gasteiger partial charge in [0.2, 0.25) is 9.84 Å². The van der Waals surface area contributed by atoms with Gasteiger partial charge in [-0.3, -0.25) is 0 Å². The van der Waals surface area contributed by atoms with E-state index in [1.165, 1.54) is 0 Å². The zero-order valence-electron chi connectivity index (χ0n) is 20.3. The number of aromatic nitrogens is 2. The number of aryl methyl sites for hydroxylation is 1. The van der Waals surface area contributed by atoms with Crippen LogP contribution in [0, 0.1) is 0 Å². The van der Waals surface area contributed by atoms with Crippen LogP contribution in [0.5, 0.6) is 0 Å². The van der Waals surface area contributed by atoms with Crippen LogP contribution in [0.4, 0.5) is 0 Å². The van der Waals surface area contributed by atoms with E-state index in [2.05, 4.69) is 14.9 Å². The minimum atomic E-state index is -4.04. The predicted octanol–water partition coefficient (Wildman–Crippen LogP) is 4.80. The van der Waals surface area contributed by atoms with Crippen molar-refractivity contribution in [3.05, 3.63) is 59.3 Å². The minimum Gasteiger partial charge on any atom is -0.456 e. The minimum absolute atomic E-state index is 0.0284. The predicted molar refractivity (Wildman–Crippen MR) is 134 cm³/mol. The maximum Gasteiger partial charge on any atom is 0.340 e. The molecule has 182 valence electrons. The Bertz CT molecular complexity index is 1590. The van der Waals surface area contributed by atoms with Crippen LogP contribution in [0.2, 0.25) is 0 Å². The number of hydrogen-bond acceptors (Lipinski definition) is 5. The Labute approximate surface area is 204 Å². The van der Waals surface area contributed by atoms with Gasteiger partial charge in [-0.1, -0.05) is 18.2 Å². The smallest absolute Gasteiger partial charge is 0.340 e. The Morgan fingerprint density at radius 3 is 2.63 bits per heavy atom. The molecule has 7 nitrogen and oxygen atoms in total. The number of sulfone groups is 1. The average molecular weight is 492 g/mol.